The van der Waals surface area contributed by atoms with Gasteiger partial charge in [-0.05, 0) is 48.6 Å². The second-order valence-electron chi connectivity index (χ2n) is 8.45. The number of carbonyl (C=O) groups excluding carboxylic acids is 1. The van der Waals surface area contributed by atoms with Crippen molar-refractivity contribution in [3.8, 4) is 0 Å². The first kappa shape index (κ1) is 17.2. The molecule has 142 valence electrons. The highest BCUT2D eigenvalue weighted by Gasteiger charge is 2.37. The lowest BCUT2D eigenvalue weighted by Gasteiger charge is -2.43. The molecule has 0 radical (unpaired) electrons. The van der Waals surface area contributed by atoms with Crippen LogP contribution in [-0.4, -0.2) is 28.5 Å². The average molecular weight is 383 g/mol. The molecule has 0 N–H and O–H groups in total. The van der Waals surface area contributed by atoms with Crippen LogP contribution >= 0.6 is 11.3 Å². The van der Waals surface area contributed by atoms with Gasteiger partial charge in [-0.2, -0.15) is 0 Å². The second kappa shape index (κ2) is 6.93. The van der Waals surface area contributed by atoms with Crippen LogP contribution in [0.4, 0.5) is 0 Å². The van der Waals surface area contributed by atoms with E-state index in [0.29, 0.717) is 11.8 Å². The third-order valence-corrected chi connectivity index (χ3v) is 7.56. The summed E-state index contributed by atoms with van der Waals surface area (Å²) in [4.78, 5) is 28.9. The molecule has 1 saturated heterocycles. The number of aromatic nitrogens is 1. The van der Waals surface area contributed by atoms with Crippen LogP contribution < -0.4 is 5.56 Å². The maximum atomic E-state index is 13.2. The zero-order chi connectivity index (χ0) is 18.4. The third-order valence-electron chi connectivity index (χ3n) is 6.70. The van der Waals surface area contributed by atoms with E-state index in [1.54, 1.807) is 0 Å². The number of fused-ring (bicyclic) bond motifs is 4. The molecule has 27 heavy (non-hydrogen) atoms. The van der Waals surface area contributed by atoms with E-state index in [1.165, 1.54) is 30.6 Å². The zero-order valence-electron chi connectivity index (χ0n) is 15.6. The Morgan fingerprint density at radius 2 is 1.85 bits per heavy atom. The highest BCUT2D eigenvalue weighted by molar-refractivity contribution is 7.12. The van der Waals surface area contributed by atoms with Gasteiger partial charge in [0.15, 0.2) is 0 Å². The lowest BCUT2D eigenvalue weighted by Crippen LogP contribution is -2.49. The van der Waals surface area contributed by atoms with E-state index in [0.717, 1.165) is 55.0 Å². The van der Waals surface area contributed by atoms with Crippen molar-refractivity contribution in [3.63, 3.8) is 0 Å². The fourth-order valence-electron chi connectivity index (χ4n) is 5.41. The fraction of sp³-hybridized carbons (Fsp3) is 0.545. The van der Waals surface area contributed by atoms with Gasteiger partial charge in [0, 0.05) is 36.8 Å². The van der Waals surface area contributed by atoms with Crippen molar-refractivity contribution >= 4 is 17.2 Å². The first-order valence-electron chi connectivity index (χ1n) is 10.3. The molecule has 2 aromatic heterocycles. The topological polar surface area (TPSA) is 42.3 Å². The largest absolute Gasteiger partial charge is 0.337 e. The minimum absolute atomic E-state index is 0.148. The Morgan fingerprint density at radius 3 is 2.63 bits per heavy atom. The van der Waals surface area contributed by atoms with Crippen molar-refractivity contribution in [3.05, 3.63) is 56.1 Å². The fourth-order valence-corrected chi connectivity index (χ4v) is 6.10. The van der Waals surface area contributed by atoms with Crippen LogP contribution in [0.3, 0.4) is 0 Å². The standard InChI is InChI=1S/C22H26N2O2S/c25-21-18(16-5-2-1-3-6-16)8-9-19-17-11-15(13-24(19)21)12-23(14-17)22(26)20-7-4-10-27-20/h4,7-10,15-17H,1-3,5-6,11-14H2/t15-,17-/m1/s1. The van der Waals surface area contributed by atoms with Gasteiger partial charge in [0.2, 0.25) is 0 Å². The number of amides is 1. The quantitative estimate of drug-likeness (QED) is 0.780. The van der Waals surface area contributed by atoms with Crippen molar-refractivity contribution in [2.45, 2.75) is 56.9 Å². The molecule has 2 atom stereocenters. The average Bonchev–Trinajstić information content (AvgIpc) is 3.23. The SMILES string of the molecule is O=C(c1cccs1)N1C[C@H]2C[C@H](C1)c1ccc(C3CCCCC3)c(=O)n1C2. The van der Waals surface area contributed by atoms with Crippen LogP contribution in [0, 0.1) is 5.92 Å². The van der Waals surface area contributed by atoms with Crippen LogP contribution in [0.15, 0.2) is 34.4 Å². The number of rotatable bonds is 2. The number of likely N-dealkylation sites (tertiary alicyclic amines) is 1. The minimum Gasteiger partial charge on any atom is -0.337 e. The molecule has 2 bridgehead atoms. The molecule has 4 heterocycles. The predicted molar refractivity (Wildman–Crippen MR) is 108 cm³/mol. The van der Waals surface area contributed by atoms with E-state index in [9.17, 15) is 9.59 Å². The normalized spacial score (nSPS) is 25.3. The van der Waals surface area contributed by atoms with Crippen molar-refractivity contribution < 1.29 is 4.79 Å². The van der Waals surface area contributed by atoms with Gasteiger partial charge in [0.05, 0.1) is 4.88 Å². The summed E-state index contributed by atoms with van der Waals surface area (Å²) in [6, 6.07) is 8.13. The van der Waals surface area contributed by atoms with Crippen LogP contribution in [0.5, 0.6) is 0 Å². The van der Waals surface area contributed by atoms with Gasteiger partial charge in [0.1, 0.15) is 0 Å². The molecular weight excluding hydrogens is 356 g/mol. The van der Waals surface area contributed by atoms with E-state index in [4.69, 9.17) is 0 Å². The maximum Gasteiger partial charge on any atom is 0.263 e. The van der Waals surface area contributed by atoms with Gasteiger partial charge in [-0.3, -0.25) is 9.59 Å². The highest BCUT2D eigenvalue weighted by Crippen LogP contribution is 2.37. The Kier molecular flexibility index (Phi) is 4.43. The summed E-state index contributed by atoms with van der Waals surface area (Å²) in [5.41, 5.74) is 2.41. The monoisotopic (exact) mass is 382 g/mol. The summed E-state index contributed by atoms with van der Waals surface area (Å²) in [6.07, 6.45) is 7.21. The Hall–Kier alpha value is -1.88. The second-order valence-corrected chi connectivity index (χ2v) is 9.40. The molecule has 2 aromatic rings. The summed E-state index contributed by atoms with van der Waals surface area (Å²) in [5, 5.41) is 1.96. The molecule has 3 aliphatic rings. The Bertz CT molecular complexity index is 896. The zero-order valence-corrected chi connectivity index (χ0v) is 16.4. The maximum absolute atomic E-state index is 13.2. The smallest absolute Gasteiger partial charge is 0.263 e. The summed E-state index contributed by atoms with van der Waals surface area (Å²) >= 11 is 1.51. The summed E-state index contributed by atoms with van der Waals surface area (Å²) < 4.78 is 2.05. The molecule has 5 heteroatoms. The number of hydrogen-bond acceptors (Lipinski definition) is 3. The number of piperidine rings is 1. The van der Waals surface area contributed by atoms with Crippen molar-refractivity contribution in [1.82, 2.24) is 9.47 Å². The van der Waals surface area contributed by atoms with Crippen LogP contribution in [0.25, 0.3) is 0 Å². The van der Waals surface area contributed by atoms with Crippen LogP contribution in [0.1, 0.15) is 71.3 Å². The van der Waals surface area contributed by atoms with E-state index in [-0.39, 0.29) is 17.4 Å². The molecular formula is C22H26N2O2S. The molecule has 1 amide bonds. The van der Waals surface area contributed by atoms with Gasteiger partial charge in [-0.15, -0.1) is 11.3 Å². The number of carbonyl (C=O) groups is 1. The summed E-state index contributed by atoms with van der Waals surface area (Å²) in [7, 11) is 0. The van der Waals surface area contributed by atoms with E-state index < -0.39 is 0 Å². The Balaban J connectivity index is 1.43. The molecule has 2 fully saturated rings. The highest BCUT2D eigenvalue weighted by atomic mass is 32.1. The molecule has 1 saturated carbocycles. The molecule has 2 aliphatic heterocycles. The minimum atomic E-state index is 0.148. The van der Waals surface area contributed by atoms with Gasteiger partial charge in [0.25, 0.3) is 11.5 Å². The summed E-state index contributed by atoms with van der Waals surface area (Å²) in [6.45, 7) is 2.27. The lowest BCUT2D eigenvalue weighted by molar-refractivity contribution is 0.0599. The molecule has 0 spiro atoms. The van der Waals surface area contributed by atoms with E-state index >= 15 is 0 Å². The van der Waals surface area contributed by atoms with Crippen LogP contribution in [-0.2, 0) is 6.54 Å². The molecule has 0 aromatic carbocycles. The molecule has 5 rings (SSSR count). The van der Waals surface area contributed by atoms with Crippen molar-refractivity contribution in [2.75, 3.05) is 13.1 Å². The predicted octanol–water partition coefficient (Wildman–Crippen LogP) is 4.22. The van der Waals surface area contributed by atoms with Gasteiger partial charge in [-0.1, -0.05) is 31.4 Å². The number of pyridine rings is 1. The molecule has 1 aliphatic carbocycles. The van der Waals surface area contributed by atoms with Crippen molar-refractivity contribution in [1.29, 1.82) is 0 Å². The lowest BCUT2D eigenvalue weighted by atomic mass is 9.81. The first-order valence-corrected chi connectivity index (χ1v) is 11.1. The first-order chi connectivity index (χ1) is 13.2. The van der Waals surface area contributed by atoms with Gasteiger partial charge in [-0.25, -0.2) is 0 Å². The summed E-state index contributed by atoms with van der Waals surface area (Å²) in [5.74, 6) is 1.27. The van der Waals surface area contributed by atoms with E-state index in [2.05, 4.69) is 16.7 Å². The Labute approximate surface area is 163 Å². The third kappa shape index (κ3) is 3.06. The van der Waals surface area contributed by atoms with Gasteiger partial charge < -0.3 is 9.47 Å². The van der Waals surface area contributed by atoms with E-state index in [1.807, 2.05) is 22.4 Å². The van der Waals surface area contributed by atoms with Crippen molar-refractivity contribution in [2.24, 2.45) is 5.92 Å². The number of thiophene rings is 1. The van der Waals surface area contributed by atoms with Crippen LogP contribution in [0.2, 0.25) is 0 Å². The number of hydrogen-bond donors (Lipinski definition) is 0. The molecule has 0 unspecified atom stereocenters. The number of nitrogens with zero attached hydrogens (tertiary/aromatic N) is 2. The Morgan fingerprint density at radius 1 is 1.00 bits per heavy atom. The molecule has 4 nitrogen and oxygen atoms in total. The van der Waals surface area contributed by atoms with Gasteiger partial charge >= 0.3 is 0 Å².